The molecule has 1 aliphatic heterocycles. The highest BCUT2D eigenvalue weighted by molar-refractivity contribution is 6.29. The summed E-state index contributed by atoms with van der Waals surface area (Å²) in [5.74, 6) is 0.0829. The zero-order valence-electron chi connectivity index (χ0n) is 9.51. The zero-order valence-corrected chi connectivity index (χ0v) is 10.3. The molecule has 0 radical (unpaired) electrons. The van der Waals surface area contributed by atoms with Gasteiger partial charge in [0.2, 0.25) is 0 Å². The van der Waals surface area contributed by atoms with E-state index in [-0.39, 0.29) is 29.4 Å². The molecule has 0 bridgehead atoms. The Bertz CT molecular complexity index is 427. The molecule has 92 valence electrons. The number of halogens is 1. The molecule has 0 aliphatic carbocycles. The number of carbonyl (C=O) groups excluding carboxylic acids is 1. The molecule has 1 aliphatic rings. The number of hydrogen-bond donors (Lipinski definition) is 1. The predicted molar refractivity (Wildman–Crippen MR) is 62.7 cm³/mol. The fourth-order valence-corrected chi connectivity index (χ4v) is 2.28. The molecule has 17 heavy (non-hydrogen) atoms. The Morgan fingerprint density at radius 3 is 3.06 bits per heavy atom. The van der Waals surface area contributed by atoms with E-state index in [1.807, 2.05) is 6.92 Å². The van der Waals surface area contributed by atoms with Crippen LogP contribution in [0.15, 0.2) is 12.4 Å². The summed E-state index contributed by atoms with van der Waals surface area (Å²) in [5.41, 5.74) is 0.227. The molecule has 2 rings (SSSR count). The minimum Gasteiger partial charge on any atom is -0.394 e. The van der Waals surface area contributed by atoms with Gasteiger partial charge >= 0.3 is 0 Å². The smallest absolute Gasteiger partial charge is 0.274 e. The molecule has 2 heterocycles. The predicted octanol–water partition coefficient (Wildman–Crippen LogP) is 0.973. The van der Waals surface area contributed by atoms with Crippen LogP contribution in [-0.2, 0) is 0 Å². The standard InChI is InChI=1S/C11H14ClN3O2/c1-7-2-3-15(9(7)6-16)11(17)8-4-13-5-10(12)14-8/h4-5,7,9,16H,2-3,6H2,1H3. The van der Waals surface area contributed by atoms with Crippen molar-refractivity contribution < 1.29 is 9.90 Å². The number of aliphatic hydroxyl groups is 1. The first-order valence-corrected chi connectivity index (χ1v) is 5.90. The first kappa shape index (κ1) is 12.3. The molecule has 2 atom stereocenters. The third kappa shape index (κ3) is 2.40. The number of nitrogens with zero attached hydrogens (tertiary/aromatic N) is 3. The molecule has 2 unspecified atom stereocenters. The number of likely N-dealkylation sites (tertiary alicyclic amines) is 1. The van der Waals surface area contributed by atoms with Crippen molar-refractivity contribution >= 4 is 17.5 Å². The van der Waals surface area contributed by atoms with Crippen LogP contribution < -0.4 is 0 Å². The van der Waals surface area contributed by atoms with Crippen molar-refractivity contribution in [2.24, 2.45) is 5.92 Å². The van der Waals surface area contributed by atoms with E-state index in [4.69, 9.17) is 11.6 Å². The van der Waals surface area contributed by atoms with Gasteiger partial charge in [-0.3, -0.25) is 9.78 Å². The second-order valence-corrected chi connectivity index (χ2v) is 4.63. The lowest BCUT2D eigenvalue weighted by Gasteiger charge is -2.24. The Morgan fingerprint density at radius 1 is 1.65 bits per heavy atom. The van der Waals surface area contributed by atoms with Crippen LogP contribution in [0.5, 0.6) is 0 Å². The lowest BCUT2D eigenvalue weighted by molar-refractivity contribution is 0.0642. The van der Waals surface area contributed by atoms with Crippen LogP contribution >= 0.6 is 11.6 Å². The van der Waals surface area contributed by atoms with Crippen molar-refractivity contribution in [2.75, 3.05) is 13.2 Å². The van der Waals surface area contributed by atoms with E-state index in [0.29, 0.717) is 12.5 Å². The van der Waals surface area contributed by atoms with E-state index in [0.717, 1.165) is 6.42 Å². The third-order valence-electron chi connectivity index (χ3n) is 3.15. The Hall–Kier alpha value is -1.20. The van der Waals surface area contributed by atoms with Gasteiger partial charge in [-0.2, -0.15) is 0 Å². The second kappa shape index (κ2) is 4.98. The van der Waals surface area contributed by atoms with Gasteiger partial charge in [0, 0.05) is 6.54 Å². The van der Waals surface area contributed by atoms with E-state index >= 15 is 0 Å². The van der Waals surface area contributed by atoms with Gasteiger partial charge in [-0.05, 0) is 12.3 Å². The van der Waals surface area contributed by atoms with Gasteiger partial charge in [-0.25, -0.2) is 4.98 Å². The van der Waals surface area contributed by atoms with Crippen LogP contribution in [-0.4, -0.2) is 45.1 Å². The topological polar surface area (TPSA) is 66.3 Å². The normalized spacial score (nSPS) is 24.1. The van der Waals surface area contributed by atoms with Crippen LogP contribution in [0, 0.1) is 5.92 Å². The van der Waals surface area contributed by atoms with Crippen molar-refractivity contribution in [3.05, 3.63) is 23.2 Å². The lowest BCUT2D eigenvalue weighted by atomic mass is 10.0. The van der Waals surface area contributed by atoms with E-state index < -0.39 is 0 Å². The van der Waals surface area contributed by atoms with Gasteiger partial charge in [0.15, 0.2) is 0 Å². The van der Waals surface area contributed by atoms with E-state index in [2.05, 4.69) is 9.97 Å². The van der Waals surface area contributed by atoms with Crippen LogP contribution in [0.4, 0.5) is 0 Å². The molecule has 1 amide bonds. The molecule has 0 saturated carbocycles. The van der Waals surface area contributed by atoms with Gasteiger partial charge in [-0.1, -0.05) is 18.5 Å². The maximum Gasteiger partial charge on any atom is 0.274 e. The summed E-state index contributed by atoms with van der Waals surface area (Å²) in [6.45, 7) is 2.64. The maximum absolute atomic E-state index is 12.2. The van der Waals surface area contributed by atoms with Crippen molar-refractivity contribution in [3.63, 3.8) is 0 Å². The molecule has 6 heteroatoms. The minimum atomic E-state index is -0.219. The summed E-state index contributed by atoms with van der Waals surface area (Å²) < 4.78 is 0. The molecular weight excluding hydrogens is 242 g/mol. The molecule has 1 N–H and O–H groups in total. The summed E-state index contributed by atoms with van der Waals surface area (Å²) >= 11 is 5.70. The summed E-state index contributed by atoms with van der Waals surface area (Å²) in [7, 11) is 0. The Morgan fingerprint density at radius 2 is 2.41 bits per heavy atom. The summed E-state index contributed by atoms with van der Waals surface area (Å²) in [5, 5.41) is 9.50. The fraction of sp³-hybridized carbons (Fsp3) is 0.545. The number of amides is 1. The Labute approximate surface area is 104 Å². The van der Waals surface area contributed by atoms with Gasteiger partial charge in [0.1, 0.15) is 10.8 Å². The van der Waals surface area contributed by atoms with E-state index in [1.54, 1.807) is 4.90 Å². The summed E-state index contributed by atoms with van der Waals surface area (Å²) in [6.07, 6.45) is 3.67. The second-order valence-electron chi connectivity index (χ2n) is 4.24. The van der Waals surface area contributed by atoms with E-state index in [1.165, 1.54) is 12.4 Å². The van der Waals surface area contributed by atoms with Gasteiger partial charge in [-0.15, -0.1) is 0 Å². The van der Waals surface area contributed by atoms with Gasteiger partial charge in [0.25, 0.3) is 5.91 Å². The highest BCUT2D eigenvalue weighted by Crippen LogP contribution is 2.24. The summed E-state index contributed by atoms with van der Waals surface area (Å²) in [4.78, 5) is 21.6. The molecule has 1 fully saturated rings. The zero-order chi connectivity index (χ0) is 12.4. The Kier molecular flexibility index (Phi) is 3.59. The average molecular weight is 256 g/mol. The van der Waals surface area contributed by atoms with Crippen molar-refractivity contribution in [3.8, 4) is 0 Å². The molecule has 1 saturated heterocycles. The maximum atomic E-state index is 12.2. The van der Waals surface area contributed by atoms with Gasteiger partial charge in [0.05, 0.1) is 25.0 Å². The van der Waals surface area contributed by atoms with Gasteiger partial charge < -0.3 is 10.0 Å². The van der Waals surface area contributed by atoms with Crippen molar-refractivity contribution in [1.29, 1.82) is 0 Å². The van der Waals surface area contributed by atoms with Crippen LogP contribution in [0.1, 0.15) is 23.8 Å². The first-order chi connectivity index (χ1) is 8.13. The number of hydrogen-bond acceptors (Lipinski definition) is 4. The lowest BCUT2D eigenvalue weighted by Crippen LogP contribution is -2.40. The molecular formula is C11H14ClN3O2. The SMILES string of the molecule is CC1CCN(C(=O)c2cncc(Cl)n2)C1CO. The first-order valence-electron chi connectivity index (χ1n) is 5.53. The molecule has 1 aromatic rings. The number of aliphatic hydroxyl groups excluding tert-OH is 1. The van der Waals surface area contributed by atoms with Crippen LogP contribution in [0.2, 0.25) is 5.15 Å². The molecule has 0 spiro atoms. The van der Waals surface area contributed by atoms with Crippen molar-refractivity contribution in [1.82, 2.24) is 14.9 Å². The summed E-state index contributed by atoms with van der Waals surface area (Å²) in [6, 6.07) is -0.136. The third-order valence-corrected chi connectivity index (χ3v) is 3.34. The fourth-order valence-electron chi connectivity index (χ4n) is 2.13. The number of carbonyl (C=O) groups is 1. The highest BCUT2D eigenvalue weighted by atomic mass is 35.5. The van der Waals surface area contributed by atoms with Crippen LogP contribution in [0.25, 0.3) is 0 Å². The number of aromatic nitrogens is 2. The molecule has 0 aromatic carbocycles. The average Bonchev–Trinajstić information content (AvgIpc) is 2.69. The van der Waals surface area contributed by atoms with Crippen molar-refractivity contribution in [2.45, 2.75) is 19.4 Å². The highest BCUT2D eigenvalue weighted by Gasteiger charge is 2.34. The largest absolute Gasteiger partial charge is 0.394 e. The molecule has 1 aromatic heterocycles. The Balaban J connectivity index is 2.20. The minimum absolute atomic E-state index is 0.0269. The molecule has 5 nitrogen and oxygen atoms in total. The number of rotatable bonds is 2. The quantitative estimate of drug-likeness (QED) is 0.855. The van der Waals surface area contributed by atoms with E-state index in [9.17, 15) is 9.90 Å². The monoisotopic (exact) mass is 255 g/mol. The van der Waals surface area contributed by atoms with Crippen LogP contribution in [0.3, 0.4) is 0 Å².